The van der Waals surface area contributed by atoms with E-state index < -0.39 is 30.4 Å². The fourth-order valence-electron chi connectivity index (χ4n) is 4.89. The van der Waals surface area contributed by atoms with Crippen LogP contribution in [0.3, 0.4) is 0 Å². The van der Waals surface area contributed by atoms with Gasteiger partial charge in [-0.15, -0.1) is 0 Å². The summed E-state index contributed by atoms with van der Waals surface area (Å²) >= 11 is 6.12. The van der Waals surface area contributed by atoms with E-state index in [1.165, 1.54) is 16.7 Å². The molecule has 0 fully saturated rings. The van der Waals surface area contributed by atoms with Gasteiger partial charge in [0.15, 0.2) is 5.82 Å². The van der Waals surface area contributed by atoms with Gasteiger partial charge in [-0.05, 0) is 73.6 Å². The molecule has 2 unspecified atom stereocenters. The predicted molar refractivity (Wildman–Crippen MR) is 178 cm³/mol. The van der Waals surface area contributed by atoms with Crippen molar-refractivity contribution in [1.29, 1.82) is 0 Å². The van der Waals surface area contributed by atoms with Crippen LogP contribution in [0.25, 0.3) is 28.0 Å². The number of rotatable bonds is 14. The van der Waals surface area contributed by atoms with Gasteiger partial charge in [0, 0.05) is 36.3 Å². The second kappa shape index (κ2) is 17.4. The van der Waals surface area contributed by atoms with E-state index >= 15 is 4.39 Å². The number of halogens is 6. The predicted octanol–water partition coefficient (Wildman–Crippen LogP) is 7.00. The quantitative estimate of drug-likeness (QED) is 0.0648. The zero-order valence-electron chi connectivity index (χ0n) is 26.6. The van der Waals surface area contributed by atoms with Crippen molar-refractivity contribution in [2.45, 2.75) is 77.7 Å². The molecule has 0 saturated carbocycles. The zero-order chi connectivity index (χ0) is 34.7. The highest BCUT2D eigenvalue weighted by Crippen LogP contribution is 2.32. The number of aromatic amines is 1. The number of nitrogens with zero attached hydrogens (tertiary/aromatic N) is 3. The van der Waals surface area contributed by atoms with Gasteiger partial charge in [0.1, 0.15) is 24.2 Å². The van der Waals surface area contributed by atoms with Crippen molar-refractivity contribution in [1.82, 2.24) is 19.9 Å². The number of hydrogen-bond acceptors (Lipinski definition) is 5. The minimum absolute atomic E-state index is 0.00710. The monoisotopic (exact) mass is 681 g/mol. The Hall–Kier alpha value is -3.81. The second-order valence-electron chi connectivity index (χ2n) is 10.8. The average molecular weight is 682 g/mol. The van der Waals surface area contributed by atoms with Crippen molar-refractivity contribution in [3.63, 3.8) is 0 Å². The van der Waals surface area contributed by atoms with Crippen LogP contribution in [0.4, 0.5) is 22.0 Å². The Kier molecular flexibility index (Phi) is 13.9. The summed E-state index contributed by atoms with van der Waals surface area (Å²) in [6.45, 7) is 6.30. The molecule has 47 heavy (non-hydrogen) atoms. The van der Waals surface area contributed by atoms with Crippen molar-refractivity contribution in [3.05, 3.63) is 81.1 Å². The lowest BCUT2D eigenvalue weighted by molar-refractivity contribution is -0.149. The van der Waals surface area contributed by atoms with Gasteiger partial charge >= 0.3 is 11.9 Å². The fraction of sp³-hybridized carbons (Fsp3) is 0.424. The summed E-state index contributed by atoms with van der Waals surface area (Å²) in [5.74, 6) is -0.715. The first-order valence-corrected chi connectivity index (χ1v) is 15.9. The number of aliphatic imine (C=N–C) groups is 1. The Bertz CT molecular complexity index is 1690. The summed E-state index contributed by atoms with van der Waals surface area (Å²) in [5, 5.41) is 3.80. The molecule has 0 aliphatic carbocycles. The highest BCUT2D eigenvalue weighted by molar-refractivity contribution is 6.31. The second-order valence-corrected chi connectivity index (χ2v) is 11.2. The number of nitrogens with one attached hydrogen (secondary N) is 2. The number of hydrogen-bond donors (Lipinski definition) is 4. The molecule has 2 atom stereocenters. The number of amidine groups is 1. The number of fused-ring (bicyclic) bond motifs is 1. The zero-order valence-corrected chi connectivity index (χ0v) is 27.4. The van der Waals surface area contributed by atoms with Crippen LogP contribution in [0, 0.1) is 5.82 Å². The minimum Gasteiger partial charge on any atom is -0.385 e. The summed E-state index contributed by atoms with van der Waals surface area (Å²) in [7, 11) is 0. The lowest BCUT2D eigenvalue weighted by atomic mass is 10.0. The lowest BCUT2D eigenvalue weighted by Gasteiger charge is -2.16. The SMILES string of the molecule is CC.CCC(CCN=C(N)CF)NCc1ccc(-n2cc3cc(-c4cc(CCCC(N)C(F)(F)F)cc(Cl)c4F)[nH]c3nc2=O)cc1. The van der Waals surface area contributed by atoms with Crippen LogP contribution in [0.1, 0.15) is 57.6 Å². The third kappa shape index (κ3) is 10.3. The smallest absolute Gasteiger partial charge is 0.385 e. The van der Waals surface area contributed by atoms with Gasteiger partial charge in [-0.1, -0.05) is 44.5 Å². The van der Waals surface area contributed by atoms with E-state index in [1.807, 2.05) is 32.9 Å². The van der Waals surface area contributed by atoms with Crippen molar-refractivity contribution in [2.75, 3.05) is 13.2 Å². The maximum absolute atomic E-state index is 15.1. The van der Waals surface area contributed by atoms with Gasteiger partial charge in [0.05, 0.1) is 16.4 Å². The van der Waals surface area contributed by atoms with Gasteiger partial charge in [0.25, 0.3) is 0 Å². The van der Waals surface area contributed by atoms with Crippen molar-refractivity contribution in [2.24, 2.45) is 16.5 Å². The standard InChI is InChI=1S/C31H35ClF5N7O.C2H6/c1-2-21(10-11-40-27(39)15-33)41-16-18-6-8-22(9-7-18)44-17-20-14-25(42-29(20)43-30(44)45)23-12-19(13-24(32)28(23)34)4-3-5-26(38)31(35,36)37;1-2/h6-9,12-14,17,21,26,41H,2-5,10-11,15-16,38H2,1H3,(H2,39,40)(H,42,43,45);1-2H3. The number of aromatic nitrogens is 3. The molecule has 0 radical (unpaired) electrons. The molecule has 2 heterocycles. The van der Waals surface area contributed by atoms with Crippen molar-refractivity contribution < 1.29 is 22.0 Å². The first-order chi connectivity index (χ1) is 22.4. The summed E-state index contributed by atoms with van der Waals surface area (Å²) < 4.78 is 67.2. The Morgan fingerprint density at radius 1 is 1.13 bits per heavy atom. The van der Waals surface area contributed by atoms with Crippen LogP contribution in [-0.2, 0) is 13.0 Å². The van der Waals surface area contributed by atoms with E-state index in [2.05, 4.69) is 20.3 Å². The molecular formula is C33H41ClF5N7O. The molecule has 256 valence electrons. The van der Waals surface area contributed by atoms with Crippen LogP contribution in [0.5, 0.6) is 0 Å². The van der Waals surface area contributed by atoms with Crippen molar-refractivity contribution >= 4 is 28.5 Å². The molecule has 0 amide bonds. The first kappa shape index (κ1) is 37.6. The summed E-state index contributed by atoms with van der Waals surface area (Å²) in [5.41, 5.74) is 12.8. The van der Waals surface area contributed by atoms with Crippen LogP contribution in [-0.4, -0.2) is 51.9 Å². The molecule has 4 rings (SSSR count). The molecule has 0 spiro atoms. The Morgan fingerprint density at radius 2 is 1.83 bits per heavy atom. The van der Waals surface area contributed by atoms with E-state index in [4.69, 9.17) is 23.1 Å². The number of nitrogens with two attached hydrogens (primary N) is 2. The number of benzene rings is 2. The maximum Gasteiger partial charge on any atom is 0.403 e. The van der Waals surface area contributed by atoms with Crippen LogP contribution < -0.4 is 22.5 Å². The summed E-state index contributed by atoms with van der Waals surface area (Å²) in [6, 6.07) is 10.1. The van der Waals surface area contributed by atoms with E-state index in [0.717, 1.165) is 12.0 Å². The molecule has 14 heteroatoms. The van der Waals surface area contributed by atoms with Gasteiger partial charge in [-0.25, -0.2) is 13.6 Å². The van der Waals surface area contributed by atoms with Gasteiger partial charge < -0.3 is 21.8 Å². The van der Waals surface area contributed by atoms with Gasteiger partial charge in [0.2, 0.25) is 0 Å². The number of aryl methyl sites for hydroxylation is 1. The Morgan fingerprint density at radius 3 is 2.47 bits per heavy atom. The molecule has 8 nitrogen and oxygen atoms in total. The normalized spacial score (nSPS) is 13.4. The molecule has 2 aromatic heterocycles. The largest absolute Gasteiger partial charge is 0.403 e. The molecule has 6 N–H and O–H groups in total. The molecule has 0 saturated heterocycles. The maximum atomic E-state index is 15.1. The van der Waals surface area contributed by atoms with Crippen LogP contribution in [0.15, 0.2) is 58.4 Å². The Labute approximate surface area is 275 Å². The highest BCUT2D eigenvalue weighted by Gasteiger charge is 2.35. The van der Waals surface area contributed by atoms with Crippen molar-refractivity contribution in [3.8, 4) is 16.9 Å². The molecule has 0 aliphatic rings. The van der Waals surface area contributed by atoms with E-state index in [0.29, 0.717) is 41.8 Å². The lowest BCUT2D eigenvalue weighted by Crippen LogP contribution is -2.37. The number of alkyl halides is 4. The van der Waals surface area contributed by atoms with Gasteiger partial charge in [-0.2, -0.15) is 18.2 Å². The van der Waals surface area contributed by atoms with Crippen LogP contribution >= 0.6 is 11.6 Å². The van der Waals surface area contributed by atoms with E-state index in [9.17, 15) is 22.4 Å². The van der Waals surface area contributed by atoms with E-state index in [1.54, 1.807) is 24.4 Å². The molecule has 2 aromatic carbocycles. The highest BCUT2D eigenvalue weighted by atomic mass is 35.5. The third-order valence-corrected chi connectivity index (χ3v) is 7.79. The van der Waals surface area contributed by atoms with Crippen LogP contribution in [0.2, 0.25) is 5.02 Å². The molecule has 0 bridgehead atoms. The molecule has 4 aromatic rings. The summed E-state index contributed by atoms with van der Waals surface area (Å²) in [4.78, 5) is 24.0. The topological polar surface area (TPSA) is 127 Å². The van der Waals surface area contributed by atoms with E-state index in [-0.39, 0.29) is 47.4 Å². The fourth-order valence-corrected chi connectivity index (χ4v) is 5.14. The molecule has 0 aliphatic heterocycles. The first-order valence-electron chi connectivity index (χ1n) is 15.5. The third-order valence-electron chi connectivity index (χ3n) is 7.52. The van der Waals surface area contributed by atoms with Gasteiger partial charge in [-0.3, -0.25) is 9.56 Å². The molecular weight excluding hydrogens is 641 g/mol. The number of H-pyrrole nitrogens is 1. The average Bonchev–Trinajstić information content (AvgIpc) is 3.46. The Balaban J connectivity index is 0.00000294. The summed E-state index contributed by atoms with van der Waals surface area (Å²) in [6.07, 6.45) is -1.24. The minimum atomic E-state index is -4.48.